The molecular formula is C71H49FN4O2Si. The van der Waals surface area contributed by atoms with Gasteiger partial charge in [0, 0.05) is 54.8 Å². The summed E-state index contributed by atoms with van der Waals surface area (Å²) >= 11 is 0. The average Bonchev–Trinajstić information content (AvgIpc) is 4.11. The van der Waals surface area contributed by atoms with Crippen molar-refractivity contribution in [2.45, 2.75) is 33.5 Å². The van der Waals surface area contributed by atoms with Crippen LogP contribution in [0.15, 0.2) is 215 Å². The van der Waals surface area contributed by atoms with Crippen molar-refractivity contribution in [3.05, 3.63) is 234 Å². The van der Waals surface area contributed by atoms with Gasteiger partial charge in [0.25, 0.3) is 0 Å². The van der Waals surface area contributed by atoms with Crippen molar-refractivity contribution in [3.63, 3.8) is 0 Å². The van der Waals surface area contributed by atoms with Gasteiger partial charge in [0.15, 0.2) is 11.2 Å². The zero-order valence-electron chi connectivity index (χ0n) is 44.1. The molecule has 14 rings (SSSR count). The first kappa shape index (κ1) is 47.5. The van der Waals surface area contributed by atoms with Crippen LogP contribution in [-0.2, 0) is 0 Å². The van der Waals surface area contributed by atoms with Crippen molar-refractivity contribution >= 4 is 124 Å². The summed E-state index contributed by atoms with van der Waals surface area (Å²) in [6.45, 7) is 11.3. The molecule has 2 heterocycles. The number of halogens is 1. The second kappa shape index (κ2) is 18.1. The quantitative estimate of drug-likeness (QED) is 0.106. The van der Waals surface area contributed by atoms with E-state index < -0.39 is 8.07 Å². The Kier molecular flexibility index (Phi) is 10.9. The Labute approximate surface area is 457 Å². The van der Waals surface area contributed by atoms with Crippen LogP contribution in [0.25, 0.3) is 98.4 Å². The Bertz CT molecular complexity index is 4900. The largest absolute Gasteiger partial charge is 0.453 e. The molecule has 0 atom stereocenters. The Morgan fingerprint density at radius 1 is 0.392 bits per heavy atom. The van der Waals surface area contributed by atoms with Gasteiger partial charge in [-0.25, -0.2) is 4.39 Å². The van der Waals surface area contributed by atoms with Crippen LogP contribution in [-0.4, -0.2) is 8.07 Å². The Morgan fingerprint density at radius 3 is 1.24 bits per heavy atom. The Hall–Kier alpha value is -9.99. The van der Waals surface area contributed by atoms with E-state index in [1.807, 2.05) is 73.7 Å². The van der Waals surface area contributed by atoms with Gasteiger partial charge in [-0.1, -0.05) is 146 Å². The number of hydrogen-bond donors (Lipinski definition) is 0. The van der Waals surface area contributed by atoms with Crippen LogP contribution >= 0.6 is 0 Å². The molecule has 0 radical (unpaired) electrons. The van der Waals surface area contributed by atoms with Gasteiger partial charge < -0.3 is 18.6 Å². The van der Waals surface area contributed by atoms with Gasteiger partial charge in [-0.05, 0) is 143 Å². The minimum Gasteiger partial charge on any atom is -0.453 e. The van der Waals surface area contributed by atoms with Crippen molar-refractivity contribution in [3.8, 4) is 34.4 Å². The van der Waals surface area contributed by atoms with E-state index in [0.29, 0.717) is 16.7 Å². The van der Waals surface area contributed by atoms with Gasteiger partial charge in [0.1, 0.15) is 17.0 Å². The third kappa shape index (κ3) is 7.56. The maximum Gasteiger partial charge on any atom is 0.159 e. The van der Waals surface area contributed by atoms with Crippen molar-refractivity contribution in [2.75, 3.05) is 9.80 Å². The van der Waals surface area contributed by atoms with E-state index in [2.05, 4.69) is 176 Å². The number of fused-ring (bicyclic) bond motifs is 6. The van der Waals surface area contributed by atoms with Gasteiger partial charge >= 0.3 is 0 Å². The standard InChI is InChI=1S/C71H49FN4O2Si/c1-42-38-48(72)26-34-52(42)54-10-6-12-56-58-14-8-16-64(70(58)77-68(54)56)75(49-27-18-44(40-73)19-28-49)62-36-24-46-23-33-61-63(37-25-47-22-32-60(62)66(46)67(47)61)76(50-29-20-45(41-74)21-30-50)65-17-9-15-59-57-13-7-11-55(69(57)78-71(59)65)53-35-31-51(39-43(53)2)79(3,4)5/h6-39H,1-5H3. The van der Waals surface area contributed by atoms with Crippen molar-refractivity contribution < 1.29 is 13.2 Å². The highest BCUT2D eigenvalue weighted by molar-refractivity contribution is 6.88. The molecule has 0 saturated heterocycles. The van der Waals surface area contributed by atoms with Gasteiger partial charge in [0.2, 0.25) is 0 Å². The number of nitrogens with zero attached hydrogens (tertiary/aromatic N) is 4. The number of furan rings is 2. The average molecular weight is 1040 g/mol. The fourth-order valence-corrected chi connectivity index (χ4v) is 13.3. The Morgan fingerprint density at radius 2 is 0.810 bits per heavy atom. The lowest BCUT2D eigenvalue weighted by Crippen LogP contribution is -2.37. The lowest BCUT2D eigenvalue weighted by atomic mass is 9.91. The highest BCUT2D eigenvalue weighted by Gasteiger charge is 2.27. The van der Waals surface area contributed by atoms with Crippen molar-refractivity contribution in [1.82, 2.24) is 0 Å². The number of rotatable bonds is 9. The lowest BCUT2D eigenvalue weighted by Gasteiger charge is -2.29. The molecule has 0 bridgehead atoms. The van der Waals surface area contributed by atoms with Crippen molar-refractivity contribution in [1.29, 1.82) is 10.5 Å². The predicted molar refractivity (Wildman–Crippen MR) is 327 cm³/mol. The third-order valence-electron chi connectivity index (χ3n) is 16.0. The second-order valence-electron chi connectivity index (χ2n) is 21.7. The minimum absolute atomic E-state index is 0.282. The molecule has 0 aliphatic heterocycles. The molecule has 12 aromatic carbocycles. The van der Waals surface area contributed by atoms with Gasteiger partial charge in [-0.15, -0.1) is 0 Å². The normalized spacial score (nSPS) is 11.9. The number of para-hydroxylation sites is 4. The van der Waals surface area contributed by atoms with Gasteiger partial charge in [-0.3, -0.25) is 0 Å². The molecule has 2 aromatic heterocycles. The van der Waals surface area contributed by atoms with Crippen LogP contribution in [0.2, 0.25) is 19.6 Å². The lowest BCUT2D eigenvalue weighted by molar-refractivity contribution is 0.627. The highest BCUT2D eigenvalue weighted by Crippen LogP contribution is 2.51. The summed E-state index contributed by atoms with van der Waals surface area (Å²) in [5, 5.41) is 31.8. The molecule has 8 heteroatoms. The van der Waals surface area contributed by atoms with E-state index in [1.165, 1.54) is 16.8 Å². The second-order valence-corrected chi connectivity index (χ2v) is 26.8. The Balaban J connectivity index is 0.988. The minimum atomic E-state index is -1.54. The molecule has 14 aromatic rings. The van der Waals surface area contributed by atoms with Crippen LogP contribution < -0.4 is 15.0 Å². The molecule has 0 saturated carbocycles. The van der Waals surface area contributed by atoms with E-state index in [9.17, 15) is 14.9 Å². The summed E-state index contributed by atoms with van der Waals surface area (Å²) in [7, 11) is -1.54. The van der Waals surface area contributed by atoms with E-state index >= 15 is 0 Å². The topological polar surface area (TPSA) is 80.3 Å². The fraction of sp³-hybridized carbons (Fsp3) is 0.0704. The van der Waals surface area contributed by atoms with Crippen LogP contribution in [0.1, 0.15) is 22.3 Å². The summed E-state index contributed by atoms with van der Waals surface area (Å²) in [6.07, 6.45) is 0. The van der Waals surface area contributed by atoms with Crippen LogP contribution in [0.3, 0.4) is 0 Å². The van der Waals surface area contributed by atoms with E-state index in [-0.39, 0.29) is 5.82 Å². The monoisotopic (exact) mass is 1040 g/mol. The molecule has 0 aliphatic rings. The van der Waals surface area contributed by atoms with Gasteiger partial charge in [-0.2, -0.15) is 10.5 Å². The molecule has 376 valence electrons. The molecule has 0 amide bonds. The van der Waals surface area contributed by atoms with Crippen LogP contribution in [0, 0.1) is 42.3 Å². The molecule has 0 spiro atoms. The molecular weight excluding hydrogens is 988 g/mol. The highest BCUT2D eigenvalue weighted by atomic mass is 28.3. The first-order valence-corrected chi connectivity index (χ1v) is 30.0. The SMILES string of the molecule is Cc1cc(F)ccc1-c1cccc2c1oc1c(N(c3ccc(C#N)cc3)c3ccc4ccc5c(N(c6ccc(C#N)cc6)c6cccc7c6oc6c(-c8ccc([Si](C)(C)C)cc8C)cccc67)ccc6ccc3c4c65)cccc12. The maximum atomic E-state index is 14.4. The number of anilines is 6. The number of aryl methyl sites for hydroxylation is 2. The van der Waals surface area contributed by atoms with E-state index in [4.69, 9.17) is 8.83 Å². The zero-order chi connectivity index (χ0) is 53.8. The predicted octanol–water partition coefficient (Wildman–Crippen LogP) is 19.7. The molecule has 79 heavy (non-hydrogen) atoms. The zero-order valence-corrected chi connectivity index (χ0v) is 45.1. The number of hydrogen-bond acceptors (Lipinski definition) is 6. The van der Waals surface area contributed by atoms with Crippen LogP contribution in [0.4, 0.5) is 38.5 Å². The first-order chi connectivity index (χ1) is 38.4. The fourth-order valence-electron chi connectivity index (χ4n) is 12.1. The van der Waals surface area contributed by atoms with Gasteiger partial charge in [0.05, 0.1) is 54.1 Å². The van der Waals surface area contributed by atoms with E-state index in [0.717, 1.165) is 133 Å². The molecule has 0 aliphatic carbocycles. The smallest absolute Gasteiger partial charge is 0.159 e. The number of benzene rings is 12. The van der Waals surface area contributed by atoms with Crippen LogP contribution in [0.5, 0.6) is 0 Å². The summed E-state index contributed by atoms with van der Waals surface area (Å²) in [6, 6.07) is 74.8. The molecule has 0 fully saturated rings. The summed E-state index contributed by atoms with van der Waals surface area (Å²) in [4.78, 5) is 4.52. The first-order valence-electron chi connectivity index (χ1n) is 26.5. The maximum absolute atomic E-state index is 14.4. The van der Waals surface area contributed by atoms with Crippen molar-refractivity contribution in [2.24, 2.45) is 0 Å². The summed E-state index contributed by atoms with van der Waals surface area (Å²) < 4.78 is 28.7. The summed E-state index contributed by atoms with van der Waals surface area (Å²) in [5.74, 6) is -0.282. The summed E-state index contributed by atoms with van der Waals surface area (Å²) in [5.41, 5.74) is 15.5. The number of nitriles is 2. The van der Waals surface area contributed by atoms with E-state index in [1.54, 1.807) is 6.07 Å². The third-order valence-corrected chi connectivity index (χ3v) is 18.0. The molecule has 0 unspecified atom stereocenters. The molecule has 0 N–H and O–H groups in total. The molecule has 6 nitrogen and oxygen atoms in total.